The highest BCUT2D eigenvalue weighted by atomic mass is 16.5. The molecule has 0 spiro atoms. The normalized spacial score (nSPS) is 21.4. The van der Waals surface area contributed by atoms with Crippen LogP contribution in [0.2, 0.25) is 0 Å². The Labute approximate surface area is 103 Å². The van der Waals surface area contributed by atoms with Crippen LogP contribution < -0.4 is 5.32 Å². The van der Waals surface area contributed by atoms with Gasteiger partial charge in [0.05, 0.1) is 6.61 Å². The van der Waals surface area contributed by atoms with Gasteiger partial charge < -0.3 is 14.8 Å². The second-order valence-corrected chi connectivity index (χ2v) is 4.21. The Bertz CT molecular complexity index is 224. The molecule has 0 aromatic heterocycles. The first-order valence-electron chi connectivity index (χ1n) is 6.40. The molecule has 0 aromatic carbocycles. The summed E-state index contributed by atoms with van der Waals surface area (Å²) in [5.41, 5.74) is 0. The Kier molecular flexibility index (Phi) is 7.16. The standard InChI is InChI=1S/C12H24N2O3/c1-3-17-12(15)11-10-13-6-8-14(11)7-4-5-9-16-2/h11,13H,3-10H2,1-2H3. The lowest BCUT2D eigenvalue weighted by atomic mass is 10.1. The molecule has 5 nitrogen and oxygen atoms in total. The number of nitrogens with one attached hydrogen (secondary N) is 1. The lowest BCUT2D eigenvalue weighted by molar-refractivity contribution is -0.150. The van der Waals surface area contributed by atoms with Gasteiger partial charge in [-0.15, -0.1) is 0 Å². The Hall–Kier alpha value is -0.650. The Morgan fingerprint density at radius 1 is 1.47 bits per heavy atom. The molecule has 0 aliphatic carbocycles. The molecule has 1 fully saturated rings. The Morgan fingerprint density at radius 2 is 2.29 bits per heavy atom. The molecule has 1 aliphatic heterocycles. The first kappa shape index (κ1) is 14.4. The van der Waals surface area contributed by atoms with Crippen LogP contribution in [-0.4, -0.2) is 63.4 Å². The third-order valence-corrected chi connectivity index (χ3v) is 2.96. The monoisotopic (exact) mass is 244 g/mol. The fourth-order valence-electron chi connectivity index (χ4n) is 2.05. The summed E-state index contributed by atoms with van der Waals surface area (Å²) < 4.78 is 10.1. The van der Waals surface area contributed by atoms with E-state index in [0.29, 0.717) is 13.2 Å². The maximum Gasteiger partial charge on any atom is 0.324 e. The topological polar surface area (TPSA) is 50.8 Å². The number of carbonyl (C=O) groups is 1. The molecule has 1 rings (SSSR count). The van der Waals surface area contributed by atoms with Crippen LogP contribution in [0.3, 0.4) is 0 Å². The van der Waals surface area contributed by atoms with Gasteiger partial charge in [-0.05, 0) is 26.3 Å². The van der Waals surface area contributed by atoms with E-state index in [2.05, 4.69) is 10.2 Å². The molecule has 1 heterocycles. The molecule has 100 valence electrons. The van der Waals surface area contributed by atoms with Crippen LogP contribution in [-0.2, 0) is 14.3 Å². The minimum absolute atomic E-state index is 0.105. The van der Waals surface area contributed by atoms with Crippen LogP contribution in [0.1, 0.15) is 19.8 Å². The molecule has 1 aliphatic rings. The second-order valence-electron chi connectivity index (χ2n) is 4.21. The van der Waals surface area contributed by atoms with Gasteiger partial charge in [0.2, 0.25) is 0 Å². The third kappa shape index (κ3) is 5.02. The van der Waals surface area contributed by atoms with Crippen LogP contribution in [0.5, 0.6) is 0 Å². The maximum absolute atomic E-state index is 11.8. The van der Waals surface area contributed by atoms with Crippen molar-refractivity contribution >= 4 is 5.97 Å². The zero-order valence-corrected chi connectivity index (χ0v) is 10.9. The highest BCUT2D eigenvalue weighted by Crippen LogP contribution is 2.07. The number of esters is 1. The highest BCUT2D eigenvalue weighted by Gasteiger charge is 2.28. The number of hydrogen-bond donors (Lipinski definition) is 1. The zero-order valence-electron chi connectivity index (χ0n) is 10.9. The molecule has 5 heteroatoms. The van der Waals surface area contributed by atoms with Crippen molar-refractivity contribution in [3.05, 3.63) is 0 Å². The number of ether oxygens (including phenoxy) is 2. The molecule has 0 bridgehead atoms. The van der Waals surface area contributed by atoms with Gasteiger partial charge in [0.1, 0.15) is 6.04 Å². The van der Waals surface area contributed by atoms with Crippen molar-refractivity contribution in [1.82, 2.24) is 10.2 Å². The fourth-order valence-corrected chi connectivity index (χ4v) is 2.05. The van der Waals surface area contributed by atoms with Gasteiger partial charge in [-0.3, -0.25) is 9.69 Å². The van der Waals surface area contributed by atoms with Gasteiger partial charge in [-0.25, -0.2) is 0 Å². The SMILES string of the molecule is CCOC(=O)C1CNCCN1CCCCOC. The van der Waals surface area contributed by atoms with Crippen molar-refractivity contribution in [1.29, 1.82) is 0 Å². The average Bonchev–Trinajstić information content (AvgIpc) is 2.35. The van der Waals surface area contributed by atoms with Crippen LogP contribution in [0.25, 0.3) is 0 Å². The highest BCUT2D eigenvalue weighted by molar-refractivity contribution is 5.76. The van der Waals surface area contributed by atoms with Gasteiger partial charge in [-0.1, -0.05) is 0 Å². The van der Waals surface area contributed by atoms with E-state index in [-0.39, 0.29) is 12.0 Å². The van der Waals surface area contributed by atoms with Gasteiger partial charge >= 0.3 is 5.97 Å². The van der Waals surface area contributed by atoms with Gasteiger partial charge in [0, 0.05) is 33.4 Å². The van der Waals surface area contributed by atoms with E-state index in [0.717, 1.165) is 39.1 Å². The quantitative estimate of drug-likeness (QED) is 0.514. The molecular weight excluding hydrogens is 220 g/mol. The maximum atomic E-state index is 11.8. The minimum Gasteiger partial charge on any atom is -0.465 e. The number of methoxy groups -OCH3 is 1. The van der Waals surface area contributed by atoms with Crippen molar-refractivity contribution in [2.75, 3.05) is 46.5 Å². The summed E-state index contributed by atoms with van der Waals surface area (Å²) in [5, 5.41) is 3.24. The predicted molar refractivity (Wildman–Crippen MR) is 66.0 cm³/mol. The average molecular weight is 244 g/mol. The summed E-state index contributed by atoms with van der Waals surface area (Å²) in [6, 6.07) is -0.119. The summed E-state index contributed by atoms with van der Waals surface area (Å²) in [4.78, 5) is 14.0. The molecular formula is C12H24N2O3. The van der Waals surface area contributed by atoms with Crippen LogP contribution >= 0.6 is 0 Å². The van der Waals surface area contributed by atoms with Crippen LogP contribution in [0.15, 0.2) is 0 Å². The fraction of sp³-hybridized carbons (Fsp3) is 0.917. The summed E-state index contributed by atoms with van der Waals surface area (Å²) in [6.07, 6.45) is 2.10. The van der Waals surface area contributed by atoms with Gasteiger partial charge in [0.15, 0.2) is 0 Å². The minimum atomic E-state index is -0.119. The van der Waals surface area contributed by atoms with E-state index in [1.165, 1.54) is 0 Å². The molecule has 17 heavy (non-hydrogen) atoms. The van der Waals surface area contributed by atoms with Crippen molar-refractivity contribution in [2.45, 2.75) is 25.8 Å². The van der Waals surface area contributed by atoms with Crippen molar-refractivity contribution < 1.29 is 14.3 Å². The van der Waals surface area contributed by atoms with E-state index >= 15 is 0 Å². The Balaban J connectivity index is 2.34. The number of hydrogen-bond acceptors (Lipinski definition) is 5. The lowest BCUT2D eigenvalue weighted by Gasteiger charge is -2.34. The number of piperazine rings is 1. The van der Waals surface area contributed by atoms with Crippen LogP contribution in [0, 0.1) is 0 Å². The molecule has 0 saturated carbocycles. The molecule has 0 aromatic rings. The number of rotatable bonds is 7. The van der Waals surface area contributed by atoms with Crippen LogP contribution in [0.4, 0.5) is 0 Å². The van der Waals surface area contributed by atoms with Gasteiger partial charge in [0.25, 0.3) is 0 Å². The smallest absolute Gasteiger partial charge is 0.324 e. The summed E-state index contributed by atoms with van der Waals surface area (Å²) in [7, 11) is 1.71. The van der Waals surface area contributed by atoms with E-state index in [4.69, 9.17) is 9.47 Å². The van der Waals surface area contributed by atoms with E-state index < -0.39 is 0 Å². The van der Waals surface area contributed by atoms with E-state index in [1.807, 2.05) is 6.92 Å². The lowest BCUT2D eigenvalue weighted by Crippen LogP contribution is -2.55. The van der Waals surface area contributed by atoms with Crippen molar-refractivity contribution in [3.8, 4) is 0 Å². The van der Waals surface area contributed by atoms with Gasteiger partial charge in [-0.2, -0.15) is 0 Å². The Morgan fingerprint density at radius 3 is 3.00 bits per heavy atom. The summed E-state index contributed by atoms with van der Waals surface area (Å²) in [6.45, 7) is 6.58. The third-order valence-electron chi connectivity index (χ3n) is 2.96. The number of nitrogens with zero attached hydrogens (tertiary/aromatic N) is 1. The van der Waals surface area contributed by atoms with Crippen molar-refractivity contribution in [2.24, 2.45) is 0 Å². The summed E-state index contributed by atoms with van der Waals surface area (Å²) >= 11 is 0. The molecule has 0 amide bonds. The number of unbranched alkanes of at least 4 members (excludes halogenated alkanes) is 1. The van der Waals surface area contributed by atoms with Crippen molar-refractivity contribution in [3.63, 3.8) is 0 Å². The number of carbonyl (C=O) groups excluding carboxylic acids is 1. The van der Waals surface area contributed by atoms with E-state index in [1.54, 1.807) is 7.11 Å². The predicted octanol–water partition coefficient (Wildman–Crippen LogP) is 0.250. The molecule has 1 unspecified atom stereocenters. The molecule has 1 atom stereocenters. The first-order chi connectivity index (χ1) is 8.29. The zero-order chi connectivity index (χ0) is 12.5. The molecule has 1 N–H and O–H groups in total. The molecule has 1 saturated heterocycles. The largest absolute Gasteiger partial charge is 0.465 e. The summed E-state index contributed by atoms with van der Waals surface area (Å²) in [5.74, 6) is -0.105. The second kappa shape index (κ2) is 8.44. The molecule has 0 radical (unpaired) electrons. The first-order valence-corrected chi connectivity index (χ1v) is 6.40. The van der Waals surface area contributed by atoms with E-state index in [9.17, 15) is 4.79 Å².